The monoisotopic (exact) mass is 323 g/mol. The molecule has 0 radical (unpaired) electrons. The Morgan fingerprint density at radius 2 is 1.83 bits per heavy atom. The van der Waals surface area contributed by atoms with Crippen LogP contribution in [0, 0.1) is 0 Å². The zero-order valence-electron chi connectivity index (χ0n) is 12.3. The average molecular weight is 324 g/mol. The maximum Gasteiger partial charge on any atom is 0.150 e. The summed E-state index contributed by atoms with van der Waals surface area (Å²) in [5.41, 5.74) is 3.06. The van der Waals surface area contributed by atoms with E-state index in [1.807, 2.05) is 42.5 Å². The largest absolute Gasteiger partial charge is 0.487 e. The van der Waals surface area contributed by atoms with Crippen LogP contribution >= 0.6 is 11.6 Å². The molecule has 0 aliphatic carbocycles. The molecule has 23 heavy (non-hydrogen) atoms. The number of hydrogen-bond acceptors (Lipinski definition) is 3. The third kappa shape index (κ3) is 3.76. The standard InChI is InChI=1S/C19H14ClNO2/c20-18-10-9-17(23-13-14-5-2-1-3-6-14)19(21-18)16-8-4-7-15(11-16)12-22/h1-12H,13H2. The molecule has 0 N–H and O–H groups in total. The van der Waals surface area contributed by atoms with Crippen LogP contribution in [-0.2, 0) is 6.61 Å². The van der Waals surface area contributed by atoms with Crippen LogP contribution in [0.1, 0.15) is 15.9 Å². The van der Waals surface area contributed by atoms with Crippen molar-refractivity contribution >= 4 is 17.9 Å². The summed E-state index contributed by atoms with van der Waals surface area (Å²) in [6, 6.07) is 20.6. The number of aromatic nitrogens is 1. The van der Waals surface area contributed by atoms with E-state index in [-0.39, 0.29) is 0 Å². The summed E-state index contributed by atoms with van der Waals surface area (Å²) in [5, 5.41) is 0.378. The number of pyridine rings is 1. The fourth-order valence-electron chi connectivity index (χ4n) is 2.24. The molecule has 0 unspecified atom stereocenters. The molecule has 1 heterocycles. The van der Waals surface area contributed by atoms with Crippen molar-refractivity contribution in [3.63, 3.8) is 0 Å². The normalized spacial score (nSPS) is 10.3. The predicted octanol–water partition coefficient (Wildman–Crippen LogP) is 4.79. The SMILES string of the molecule is O=Cc1cccc(-c2nc(Cl)ccc2OCc2ccccc2)c1. The summed E-state index contributed by atoms with van der Waals surface area (Å²) in [7, 11) is 0. The van der Waals surface area contributed by atoms with Crippen LogP contribution in [0.5, 0.6) is 5.75 Å². The number of hydrogen-bond donors (Lipinski definition) is 0. The topological polar surface area (TPSA) is 39.2 Å². The van der Waals surface area contributed by atoms with Crippen molar-refractivity contribution in [3.8, 4) is 17.0 Å². The van der Waals surface area contributed by atoms with Crippen LogP contribution in [0.25, 0.3) is 11.3 Å². The summed E-state index contributed by atoms with van der Waals surface area (Å²) >= 11 is 6.02. The minimum atomic E-state index is 0.378. The second-order valence-corrected chi connectivity index (χ2v) is 5.39. The number of carbonyl (C=O) groups is 1. The van der Waals surface area contributed by atoms with Crippen LogP contribution in [0.15, 0.2) is 66.7 Å². The van der Waals surface area contributed by atoms with Crippen LogP contribution in [-0.4, -0.2) is 11.3 Å². The molecule has 3 rings (SSSR count). The maximum absolute atomic E-state index is 11.0. The molecule has 3 aromatic rings. The molecule has 0 saturated heterocycles. The zero-order chi connectivity index (χ0) is 16.1. The van der Waals surface area contributed by atoms with Crippen LogP contribution in [0.4, 0.5) is 0 Å². The Bertz CT molecular complexity index is 819. The van der Waals surface area contributed by atoms with Gasteiger partial charge in [-0.3, -0.25) is 4.79 Å². The van der Waals surface area contributed by atoms with E-state index in [1.54, 1.807) is 24.3 Å². The summed E-state index contributed by atoms with van der Waals surface area (Å²) in [6.07, 6.45) is 0.804. The molecule has 114 valence electrons. The lowest BCUT2D eigenvalue weighted by Gasteiger charge is -2.11. The van der Waals surface area contributed by atoms with Gasteiger partial charge in [0.2, 0.25) is 0 Å². The number of rotatable bonds is 5. The van der Waals surface area contributed by atoms with Crippen molar-refractivity contribution in [1.29, 1.82) is 0 Å². The number of ether oxygens (including phenoxy) is 1. The fourth-order valence-corrected chi connectivity index (χ4v) is 2.39. The first-order chi connectivity index (χ1) is 11.3. The second kappa shape index (κ2) is 7.07. The Morgan fingerprint density at radius 3 is 2.61 bits per heavy atom. The molecule has 2 aromatic carbocycles. The van der Waals surface area contributed by atoms with Gasteiger partial charge in [0.1, 0.15) is 29.5 Å². The van der Waals surface area contributed by atoms with E-state index in [1.165, 1.54) is 0 Å². The van der Waals surface area contributed by atoms with Gasteiger partial charge < -0.3 is 4.74 Å². The van der Waals surface area contributed by atoms with Gasteiger partial charge in [0.15, 0.2) is 0 Å². The molecule has 0 atom stereocenters. The Labute approximate surface area is 139 Å². The quantitative estimate of drug-likeness (QED) is 0.500. The lowest BCUT2D eigenvalue weighted by atomic mass is 10.1. The number of aldehydes is 1. The highest BCUT2D eigenvalue weighted by Crippen LogP contribution is 2.30. The fraction of sp³-hybridized carbons (Fsp3) is 0.0526. The second-order valence-electron chi connectivity index (χ2n) is 5.00. The van der Waals surface area contributed by atoms with E-state index in [0.717, 1.165) is 17.4 Å². The summed E-state index contributed by atoms with van der Waals surface area (Å²) < 4.78 is 5.90. The minimum absolute atomic E-state index is 0.378. The summed E-state index contributed by atoms with van der Waals surface area (Å²) in [6.45, 7) is 0.435. The Morgan fingerprint density at radius 1 is 1.00 bits per heavy atom. The minimum Gasteiger partial charge on any atom is -0.487 e. The van der Waals surface area contributed by atoms with Crippen LogP contribution < -0.4 is 4.74 Å². The highest BCUT2D eigenvalue weighted by molar-refractivity contribution is 6.29. The maximum atomic E-state index is 11.0. The van der Waals surface area contributed by atoms with E-state index < -0.39 is 0 Å². The van der Waals surface area contributed by atoms with Gasteiger partial charge in [-0.05, 0) is 23.8 Å². The Balaban J connectivity index is 1.92. The summed E-state index contributed by atoms with van der Waals surface area (Å²) in [4.78, 5) is 15.3. The van der Waals surface area contributed by atoms with Crippen molar-refractivity contribution in [3.05, 3.63) is 83.0 Å². The van der Waals surface area contributed by atoms with Gasteiger partial charge in [-0.15, -0.1) is 0 Å². The molecule has 0 fully saturated rings. The molecule has 4 heteroatoms. The summed E-state index contributed by atoms with van der Waals surface area (Å²) in [5.74, 6) is 0.626. The number of benzene rings is 2. The van der Waals surface area contributed by atoms with E-state index in [9.17, 15) is 4.79 Å². The average Bonchev–Trinajstić information content (AvgIpc) is 2.61. The van der Waals surface area contributed by atoms with Crippen molar-refractivity contribution in [2.45, 2.75) is 6.61 Å². The van der Waals surface area contributed by atoms with Gasteiger partial charge >= 0.3 is 0 Å². The molecule has 0 aliphatic rings. The van der Waals surface area contributed by atoms with E-state index in [4.69, 9.17) is 16.3 Å². The third-order valence-electron chi connectivity index (χ3n) is 3.36. The predicted molar refractivity (Wildman–Crippen MR) is 90.8 cm³/mol. The first-order valence-corrected chi connectivity index (χ1v) is 7.53. The van der Waals surface area contributed by atoms with Gasteiger partial charge in [-0.1, -0.05) is 60.1 Å². The van der Waals surface area contributed by atoms with Gasteiger partial charge in [-0.2, -0.15) is 0 Å². The van der Waals surface area contributed by atoms with E-state index in [2.05, 4.69) is 4.98 Å². The number of nitrogens with zero attached hydrogens (tertiary/aromatic N) is 1. The molecule has 0 aliphatic heterocycles. The smallest absolute Gasteiger partial charge is 0.150 e. The number of carbonyl (C=O) groups excluding carboxylic acids is 1. The molecule has 0 spiro atoms. The molecule has 1 aromatic heterocycles. The zero-order valence-corrected chi connectivity index (χ0v) is 13.0. The lowest BCUT2D eigenvalue weighted by Crippen LogP contribution is -1.98. The molecular formula is C19H14ClNO2. The highest BCUT2D eigenvalue weighted by Gasteiger charge is 2.10. The molecular weight excluding hydrogens is 310 g/mol. The molecule has 0 saturated carbocycles. The van der Waals surface area contributed by atoms with E-state index in [0.29, 0.717) is 28.8 Å². The Hall–Kier alpha value is -2.65. The molecule has 0 bridgehead atoms. The molecule has 3 nitrogen and oxygen atoms in total. The van der Waals surface area contributed by atoms with Crippen molar-refractivity contribution in [2.24, 2.45) is 0 Å². The van der Waals surface area contributed by atoms with Crippen LogP contribution in [0.3, 0.4) is 0 Å². The van der Waals surface area contributed by atoms with Crippen LogP contribution in [0.2, 0.25) is 5.15 Å². The van der Waals surface area contributed by atoms with E-state index >= 15 is 0 Å². The highest BCUT2D eigenvalue weighted by atomic mass is 35.5. The van der Waals surface area contributed by atoms with Gasteiger partial charge in [-0.25, -0.2) is 4.98 Å². The first kappa shape index (κ1) is 15.3. The van der Waals surface area contributed by atoms with Gasteiger partial charge in [0.25, 0.3) is 0 Å². The third-order valence-corrected chi connectivity index (χ3v) is 3.57. The lowest BCUT2D eigenvalue weighted by molar-refractivity contribution is 0.112. The van der Waals surface area contributed by atoms with Crippen molar-refractivity contribution in [2.75, 3.05) is 0 Å². The Kier molecular flexibility index (Phi) is 4.69. The van der Waals surface area contributed by atoms with Gasteiger partial charge in [0, 0.05) is 11.1 Å². The van der Waals surface area contributed by atoms with Crippen molar-refractivity contribution < 1.29 is 9.53 Å². The first-order valence-electron chi connectivity index (χ1n) is 7.15. The number of halogens is 1. The van der Waals surface area contributed by atoms with Gasteiger partial charge in [0.05, 0.1) is 0 Å². The molecule has 0 amide bonds. The van der Waals surface area contributed by atoms with Crippen molar-refractivity contribution in [1.82, 2.24) is 4.98 Å².